The Bertz CT molecular complexity index is 705. The number of carbonyl (C=O) groups excluding carboxylic acids is 2. The maximum atomic E-state index is 13.0. The molecular weight excluding hydrogens is 367 g/mol. The number of amidine groups is 1. The fourth-order valence-corrected chi connectivity index (χ4v) is 3.23. The van der Waals surface area contributed by atoms with Gasteiger partial charge in [-0.3, -0.25) is 9.59 Å². The lowest BCUT2D eigenvalue weighted by Crippen LogP contribution is -2.32. The molecule has 1 aromatic carbocycles. The first kappa shape index (κ1) is 20.3. The molecule has 0 aliphatic carbocycles. The van der Waals surface area contributed by atoms with Crippen LogP contribution in [0.3, 0.4) is 0 Å². The molecule has 1 aliphatic rings. The number of thioether (sulfide) groups is 1. The van der Waals surface area contributed by atoms with E-state index in [9.17, 15) is 22.8 Å². The van der Waals surface area contributed by atoms with E-state index in [1.165, 1.54) is 18.2 Å². The highest BCUT2D eigenvalue weighted by atomic mass is 32.2. The van der Waals surface area contributed by atoms with Crippen LogP contribution in [0.15, 0.2) is 29.3 Å². The summed E-state index contributed by atoms with van der Waals surface area (Å²) in [5, 5.41) is 4.53. The maximum absolute atomic E-state index is 13.0. The second-order valence-electron chi connectivity index (χ2n) is 6.26. The van der Waals surface area contributed by atoms with E-state index in [0.29, 0.717) is 12.5 Å². The summed E-state index contributed by atoms with van der Waals surface area (Å²) in [6, 6.07) is 4.88. The summed E-state index contributed by atoms with van der Waals surface area (Å²) >= 11 is 0.962. The second-order valence-corrected chi connectivity index (χ2v) is 7.46. The van der Waals surface area contributed by atoms with Crippen molar-refractivity contribution in [2.24, 2.45) is 10.9 Å². The van der Waals surface area contributed by atoms with Gasteiger partial charge in [-0.2, -0.15) is 13.2 Å². The standard InChI is InChI=1S/C17H20F3N3O2S/c1-10(2)7-8-21-14(24)9-13-15(25)23-16(26-13)22-12-6-4-3-5-11(12)17(18,19)20/h3-6,10,13H,7-9H2,1-2H3,(H,21,24)(H,22,23,25)/t13-/m1/s1. The number of nitrogens with one attached hydrogen (secondary N) is 2. The first-order valence-corrected chi connectivity index (χ1v) is 9.04. The monoisotopic (exact) mass is 387 g/mol. The van der Waals surface area contributed by atoms with Crippen LogP contribution in [0.25, 0.3) is 0 Å². The third-order valence-electron chi connectivity index (χ3n) is 3.62. The lowest BCUT2D eigenvalue weighted by atomic mass is 10.1. The summed E-state index contributed by atoms with van der Waals surface area (Å²) in [5.74, 6) is -0.251. The highest BCUT2D eigenvalue weighted by Gasteiger charge is 2.35. The molecule has 0 unspecified atom stereocenters. The summed E-state index contributed by atoms with van der Waals surface area (Å²) in [6.45, 7) is 4.59. The van der Waals surface area contributed by atoms with Crippen LogP contribution in [0.5, 0.6) is 0 Å². The van der Waals surface area contributed by atoms with Crippen molar-refractivity contribution in [1.82, 2.24) is 10.6 Å². The highest BCUT2D eigenvalue weighted by Crippen LogP contribution is 2.37. The van der Waals surface area contributed by atoms with Gasteiger partial charge in [0.15, 0.2) is 5.17 Å². The predicted molar refractivity (Wildman–Crippen MR) is 95.1 cm³/mol. The minimum atomic E-state index is -4.54. The molecule has 2 rings (SSSR count). The van der Waals surface area contributed by atoms with Gasteiger partial charge < -0.3 is 10.6 Å². The molecule has 0 saturated carbocycles. The molecule has 1 heterocycles. The number of halogens is 3. The van der Waals surface area contributed by atoms with Crippen LogP contribution in [0.4, 0.5) is 18.9 Å². The van der Waals surface area contributed by atoms with Crippen LogP contribution in [-0.2, 0) is 15.8 Å². The molecule has 2 amide bonds. The summed E-state index contributed by atoms with van der Waals surface area (Å²) in [6.07, 6.45) is -3.76. The zero-order valence-electron chi connectivity index (χ0n) is 14.4. The molecule has 0 aromatic heterocycles. The SMILES string of the molecule is CC(C)CCNC(=O)C[C@H]1SC(=Nc2ccccc2C(F)(F)F)NC1=O. The number of amides is 2. The Morgan fingerprint density at radius 1 is 1.35 bits per heavy atom. The fraction of sp³-hybridized carbons (Fsp3) is 0.471. The largest absolute Gasteiger partial charge is 0.418 e. The van der Waals surface area contributed by atoms with Crippen LogP contribution in [0, 0.1) is 5.92 Å². The number of hydrogen-bond acceptors (Lipinski definition) is 4. The van der Waals surface area contributed by atoms with Crippen molar-refractivity contribution in [3.05, 3.63) is 29.8 Å². The molecule has 0 spiro atoms. The van der Waals surface area contributed by atoms with Crippen molar-refractivity contribution >= 4 is 34.4 Å². The van der Waals surface area contributed by atoms with E-state index in [1.807, 2.05) is 13.8 Å². The Morgan fingerprint density at radius 2 is 2.04 bits per heavy atom. The minimum Gasteiger partial charge on any atom is -0.356 e. The number of benzene rings is 1. The Hall–Kier alpha value is -2.03. The van der Waals surface area contributed by atoms with Crippen LogP contribution in [-0.4, -0.2) is 28.8 Å². The van der Waals surface area contributed by atoms with E-state index in [1.54, 1.807) is 0 Å². The number of carbonyl (C=O) groups is 2. The van der Waals surface area contributed by atoms with Crippen LogP contribution >= 0.6 is 11.8 Å². The Balaban J connectivity index is 2.01. The number of para-hydroxylation sites is 1. The molecule has 1 saturated heterocycles. The first-order valence-electron chi connectivity index (χ1n) is 8.16. The lowest BCUT2D eigenvalue weighted by Gasteiger charge is -2.09. The third kappa shape index (κ3) is 5.76. The van der Waals surface area contributed by atoms with Crippen LogP contribution < -0.4 is 10.6 Å². The number of nitrogens with zero attached hydrogens (tertiary/aromatic N) is 1. The van der Waals surface area contributed by atoms with Gasteiger partial charge in [0, 0.05) is 13.0 Å². The van der Waals surface area contributed by atoms with Crippen molar-refractivity contribution in [3.63, 3.8) is 0 Å². The second kappa shape index (κ2) is 8.57. The van der Waals surface area contributed by atoms with Gasteiger partial charge in [-0.1, -0.05) is 37.7 Å². The van der Waals surface area contributed by atoms with Gasteiger partial charge in [-0.15, -0.1) is 0 Å². The maximum Gasteiger partial charge on any atom is 0.418 e. The first-order chi connectivity index (χ1) is 12.2. The molecule has 9 heteroatoms. The van der Waals surface area contributed by atoms with Gasteiger partial charge in [-0.05, 0) is 24.5 Å². The molecule has 5 nitrogen and oxygen atoms in total. The zero-order valence-corrected chi connectivity index (χ0v) is 15.2. The van der Waals surface area contributed by atoms with Gasteiger partial charge in [0.05, 0.1) is 11.3 Å². The molecule has 1 aromatic rings. The van der Waals surface area contributed by atoms with Crippen molar-refractivity contribution in [2.75, 3.05) is 6.54 Å². The minimum absolute atomic E-state index is 0.0471. The van der Waals surface area contributed by atoms with Crippen molar-refractivity contribution < 1.29 is 22.8 Å². The third-order valence-corrected chi connectivity index (χ3v) is 4.70. The summed E-state index contributed by atoms with van der Waals surface area (Å²) in [5.41, 5.74) is -1.15. The van der Waals surface area contributed by atoms with Crippen molar-refractivity contribution in [2.45, 2.75) is 38.1 Å². The molecule has 1 atom stereocenters. The van der Waals surface area contributed by atoms with Gasteiger partial charge in [0.25, 0.3) is 0 Å². The molecule has 1 fully saturated rings. The number of aliphatic imine (C=N–C) groups is 1. The normalized spacial score (nSPS) is 19.1. The average Bonchev–Trinajstić information content (AvgIpc) is 2.85. The smallest absolute Gasteiger partial charge is 0.356 e. The van der Waals surface area contributed by atoms with Gasteiger partial charge >= 0.3 is 6.18 Å². The number of rotatable bonds is 6. The van der Waals surface area contributed by atoms with Crippen molar-refractivity contribution in [3.8, 4) is 0 Å². The van der Waals surface area contributed by atoms with E-state index in [-0.39, 0.29) is 23.2 Å². The van der Waals surface area contributed by atoms with E-state index >= 15 is 0 Å². The van der Waals surface area contributed by atoms with E-state index in [0.717, 1.165) is 24.2 Å². The molecule has 0 bridgehead atoms. The van der Waals surface area contributed by atoms with Gasteiger partial charge in [0.2, 0.25) is 11.8 Å². The lowest BCUT2D eigenvalue weighted by molar-refractivity contribution is -0.137. The molecule has 2 N–H and O–H groups in total. The quantitative estimate of drug-likeness (QED) is 0.785. The van der Waals surface area contributed by atoms with E-state index < -0.39 is 22.9 Å². The molecule has 0 radical (unpaired) electrons. The van der Waals surface area contributed by atoms with Crippen molar-refractivity contribution in [1.29, 1.82) is 0 Å². The Kier molecular flexibility index (Phi) is 6.69. The zero-order chi connectivity index (χ0) is 19.3. The Labute approximate surface area is 153 Å². The highest BCUT2D eigenvalue weighted by molar-refractivity contribution is 8.15. The van der Waals surface area contributed by atoms with Crippen LogP contribution in [0.1, 0.15) is 32.3 Å². The molecule has 142 valence electrons. The van der Waals surface area contributed by atoms with Crippen LogP contribution in [0.2, 0.25) is 0 Å². The molecule has 26 heavy (non-hydrogen) atoms. The summed E-state index contributed by atoms with van der Waals surface area (Å²) in [4.78, 5) is 27.8. The summed E-state index contributed by atoms with van der Waals surface area (Å²) < 4.78 is 39.0. The van der Waals surface area contributed by atoms with Gasteiger partial charge in [0.1, 0.15) is 5.25 Å². The fourth-order valence-electron chi connectivity index (χ4n) is 2.25. The van der Waals surface area contributed by atoms with E-state index in [4.69, 9.17) is 0 Å². The van der Waals surface area contributed by atoms with Gasteiger partial charge in [-0.25, -0.2) is 4.99 Å². The Morgan fingerprint density at radius 3 is 2.69 bits per heavy atom. The molecule has 1 aliphatic heterocycles. The topological polar surface area (TPSA) is 70.6 Å². The predicted octanol–water partition coefficient (Wildman–Crippen LogP) is 3.48. The average molecular weight is 387 g/mol. The van der Waals surface area contributed by atoms with E-state index in [2.05, 4.69) is 15.6 Å². The number of hydrogen-bond donors (Lipinski definition) is 2. The number of alkyl halides is 3. The summed E-state index contributed by atoms with van der Waals surface area (Å²) in [7, 11) is 0. The molecular formula is C17H20F3N3O2S.